The molecule has 0 amide bonds. The Balaban J connectivity index is 0.00000121. The van der Waals surface area contributed by atoms with Crippen LogP contribution in [0.1, 0.15) is 18.4 Å². The molecular formula is C14H17Cl2N3O. The number of halogens is 2. The van der Waals surface area contributed by atoms with Crippen LogP contribution in [0.25, 0.3) is 10.9 Å². The van der Waals surface area contributed by atoms with Gasteiger partial charge in [0.05, 0.1) is 17.3 Å². The van der Waals surface area contributed by atoms with Gasteiger partial charge in [-0.05, 0) is 55.5 Å². The van der Waals surface area contributed by atoms with Crippen molar-refractivity contribution in [2.45, 2.75) is 18.4 Å². The van der Waals surface area contributed by atoms with Crippen molar-refractivity contribution in [3.8, 4) is 0 Å². The standard InChI is InChI=1S/C14H16ClN3O.ClH/c15-10-1-12(11-7-17-18-13(11)2-10)14(19)3-8-5-16-6-9(8)4-14;/h1-2,7-9,16,19H,3-6H2,(H,17,18);1H/t8-,9+,14-;. The van der Waals surface area contributed by atoms with E-state index in [9.17, 15) is 5.11 Å². The van der Waals surface area contributed by atoms with Crippen molar-refractivity contribution in [3.63, 3.8) is 0 Å². The Kier molecular flexibility index (Phi) is 3.45. The van der Waals surface area contributed by atoms with E-state index in [0.29, 0.717) is 16.9 Å². The second-order valence-electron chi connectivity index (χ2n) is 5.90. The Morgan fingerprint density at radius 2 is 1.95 bits per heavy atom. The van der Waals surface area contributed by atoms with Crippen molar-refractivity contribution in [2.24, 2.45) is 11.8 Å². The maximum absolute atomic E-state index is 11.1. The first-order valence-corrected chi connectivity index (χ1v) is 7.10. The topological polar surface area (TPSA) is 60.9 Å². The van der Waals surface area contributed by atoms with Gasteiger partial charge in [0.1, 0.15) is 0 Å². The van der Waals surface area contributed by atoms with Gasteiger partial charge in [0, 0.05) is 10.4 Å². The number of fused-ring (bicyclic) bond motifs is 2. The van der Waals surface area contributed by atoms with E-state index in [0.717, 1.165) is 42.4 Å². The summed E-state index contributed by atoms with van der Waals surface area (Å²) in [4.78, 5) is 0. The number of rotatable bonds is 1. The average Bonchev–Trinajstić information content (AvgIpc) is 3.01. The van der Waals surface area contributed by atoms with Crippen molar-refractivity contribution in [1.82, 2.24) is 15.5 Å². The summed E-state index contributed by atoms with van der Waals surface area (Å²) >= 11 is 6.17. The van der Waals surface area contributed by atoms with Crippen molar-refractivity contribution in [1.29, 1.82) is 0 Å². The van der Waals surface area contributed by atoms with Crippen molar-refractivity contribution >= 4 is 34.9 Å². The molecule has 0 unspecified atom stereocenters. The van der Waals surface area contributed by atoms with Crippen LogP contribution in [0.2, 0.25) is 5.02 Å². The van der Waals surface area contributed by atoms with Gasteiger partial charge in [-0.3, -0.25) is 5.10 Å². The molecule has 4 rings (SSSR count). The van der Waals surface area contributed by atoms with Gasteiger partial charge in [-0.15, -0.1) is 12.4 Å². The van der Waals surface area contributed by atoms with Gasteiger partial charge in [-0.2, -0.15) is 5.10 Å². The predicted molar refractivity (Wildman–Crippen MR) is 81.3 cm³/mol. The number of nitrogens with zero attached hydrogens (tertiary/aromatic N) is 1. The second-order valence-corrected chi connectivity index (χ2v) is 6.34. The van der Waals surface area contributed by atoms with Gasteiger partial charge in [0.25, 0.3) is 0 Å². The molecule has 1 saturated carbocycles. The Morgan fingerprint density at radius 1 is 1.25 bits per heavy atom. The molecule has 2 aromatic rings. The van der Waals surface area contributed by atoms with Crippen molar-refractivity contribution < 1.29 is 5.11 Å². The van der Waals surface area contributed by atoms with E-state index in [1.807, 2.05) is 12.1 Å². The fraction of sp³-hybridized carbons (Fsp3) is 0.500. The molecule has 2 fully saturated rings. The predicted octanol–water partition coefficient (Wildman–Crippen LogP) is 2.46. The molecule has 1 aromatic carbocycles. The molecule has 0 spiro atoms. The molecule has 6 heteroatoms. The van der Waals surface area contributed by atoms with Gasteiger partial charge in [-0.1, -0.05) is 11.6 Å². The van der Waals surface area contributed by atoms with E-state index in [1.165, 1.54) is 0 Å². The van der Waals surface area contributed by atoms with E-state index in [4.69, 9.17) is 11.6 Å². The summed E-state index contributed by atoms with van der Waals surface area (Å²) in [6.45, 7) is 2.03. The molecule has 2 aliphatic rings. The highest BCUT2D eigenvalue weighted by atomic mass is 35.5. The van der Waals surface area contributed by atoms with E-state index in [1.54, 1.807) is 6.20 Å². The number of nitrogens with one attached hydrogen (secondary N) is 2. The van der Waals surface area contributed by atoms with Crippen molar-refractivity contribution in [3.05, 3.63) is 28.9 Å². The third-order valence-corrected chi connectivity index (χ3v) is 4.92. The molecule has 4 nitrogen and oxygen atoms in total. The van der Waals surface area contributed by atoms with Gasteiger partial charge < -0.3 is 10.4 Å². The first-order valence-electron chi connectivity index (χ1n) is 6.72. The summed E-state index contributed by atoms with van der Waals surface area (Å²) < 4.78 is 0. The molecule has 1 aromatic heterocycles. The third-order valence-electron chi connectivity index (χ3n) is 4.70. The summed E-state index contributed by atoms with van der Waals surface area (Å²) in [5, 5.41) is 23.1. The third kappa shape index (κ3) is 2.02. The number of aliphatic hydroxyl groups is 1. The monoisotopic (exact) mass is 313 g/mol. The first-order chi connectivity index (χ1) is 9.16. The van der Waals surface area contributed by atoms with Gasteiger partial charge >= 0.3 is 0 Å². The number of aromatic amines is 1. The van der Waals surface area contributed by atoms with Crippen LogP contribution in [-0.4, -0.2) is 28.4 Å². The Bertz CT molecular complexity index is 630. The smallest absolute Gasteiger partial charge is 0.0910 e. The summed E-state index contributed by atoms with van der Waals surface area (Å²) in [6.07, 6.45) is 3.40. The highest BCUT2D eigenvalue weighted by Gasteiger charge is 2.47. The summed E-state index contributed by atoms with van der Waals surface area (Å²) in [5.41, 5.74) is 1.06. The van der Waals surface area contributed by atoms with Crippen molar-refractivity contribution in [2.75, 3.05) is 13.1 Å². The highest BCUT2D eigenvalue weighted by molar-refractivity contribution is 6.31. The zero-order chi connectivity index (χ0) is 13.0. The zero-order valence-corrected chi connectivity index (χ0v) is 12.5. The molecule has 0 radical (unpaired) electrons. The van der Waals surface area contributed by atoms with Crippen LogP contribution in [-0.2, 0) is 5.60 Å². The normalized spacial score (nSPS) is 32.3. The van der Waals surface area contributed by atoms with Crippen LogP contribution >= 0.6 is 24.0 Å². The number of hydrogen-bond donors (Lipinski definition) is 3. The molecule has 20 heavy (non-hydrogen) atoms. The lowest BCUT2D eigenvalue weighted by molar-refractivity contribution is 0.0374. The van der Waals surface area contributed by atoms with E-state index in [2.05, 4.69) is 15.5 Å². The minimum absolute atomic E-state index is 0. The minimum atomic E-state index is -0.759. The molecule has 2 heterocycles. The van der Waals surface area contributed by atoms with E-state index >= 15 is 0 Å². The fourth-order valence-corrected chi connectivity index (χ4v) is 4.06. The summed E-state index contributed by atoms with van der Waals surface area (Å²) in [6, 6.07) is 3.75. The molecule has 108 valence electrons. The number of aromatic nitrogens is 2. The van der Waals surface area contributed by atoms with Gasteiger partial charge in [0.2, 0.25) is 0 Å². The first kappa shape index (κ1) is 14.1. The molecular weight excluding hydrogens is 297 g/mol. The lowest BCUT2D eigenvalue weighted by Crippen LogP contribution is -2.25. The van der Waals surface area contributed by atoms with Gasteiger partial charge in [-0.25, -0.2) is 0 Å². The maximum Gasteiger partial charge on any atom is 0.0910 e. The van der Waals surface area contributed by atoms with Crippen LogP contribution in [0, 0.1) is 11.8 Å². The average molecular weight is 314 g/mol. The van der Waals surface area contributed by atoms with Crippen LogP contribution in [0.15, 0.2) is 18.3 Å². The van der Waals surface area contributed by atoms with Crippen LogP contribution < -0.4 is 5.32 Å². The second kappa shape index (κ2) is 4.88. The molecule has 1 aliphatic heterocycles. The lowest BCUT2D eigenvalue weighted by atomic mass is 9.88. The van der Waals surface area contributed by atoms with Crippen LogP contribution in [0.4, 0.5) is 0 Å². The summed E-state index contributed by atoms with van der Waals surface area (Å²) in [7, 11) is 0. The maximum atomic E-state index is 11.1. The Morgan fingerprint density at radius 3 is 2.65 bits per heavy atom. The number of hydrogen-bond acceptors (Lipinski definition) is 3. The molecule has 3 atom stereocenters. The van der Waals surface area contributed by atoms with Crippen LogP contribution in [0.5, 0.6) is 0 Å². The Hall–Kier alpha value is -0.810. The summed E-state index contributed by atoms with van der Waals surface area (Å²) in [5.74, 6) is 1.15. The molecule has 0 bridgehead atoms. The zero-order valence-electron chi connectivity index (χ0n) is 10.9. The number of benzene rings is 1. The quantitative estimate of drug-likeness (QED) is 0.758. The minimum Gasteiger partial charge on any atom is -0.385 e. The molecule has 1 saturated heterocycles. The van der Waals surface area contributed by atoms with Gasteiger partial charge in [0.15, 0.2) is 0 Å². The van der Waals surface area contributed by atoms with E-state index in [-0.39, 0.29) is 12.4 Å². The number of H-pyrrole nitrogens is 1. The van der Waals surface area contributed by atoms with Crippen LogP contribution in [0.3, 0.4) is 0 Å². The Labute approximate surface area is 128 Å². The fourth-order valence-electron chi connectivity index (χ4n) is 3.84. The molecule has 1 aliphatic carbocycles. The highest BCUT2D eigenvalue weighted by Crippen LogP contribution is 2.49. The largest absolute Gasteiger partial charge is 0.385 e. The lowest BCUT2D eigenvalue weighted by Gasteiger charge is -2.25. The molecule has 3 N–H and O–H groups in total. The SMILES string of the molecule is Cl.O[C@@]1(c2cc(Cl)cc3[nH]ncc23)C[C@H]2CNC[C@H]2C1. The van der Waals surface area contributed by atoms with E-state index < -0.39 is 5.60 Å².